The number of nitrogens with zero attached hydrogens (tertiary/aromatic N) is 1. The summed E-state index contributed by atoms with van der Waals surface area (Å²) < 4.78 is 18.9. The fourth-order valence-electron chi connectivity index (χ4n) is 4.32. The van der Waals surface area contributed by atoms with Crippen molar-refractivity contribution in [1.29, 1.82) is 0 Å². The van der Waals surface area contributed by atoms with E-state index in [0.29, 0.717) is 13.0 Å². The number of carbonyl (C=O) groups excluding carboxylic acids is 1. The molecule has 5 rings (SSSR count). The van der Waals surface area contributed by atoms with Crippen molar-refractivity contribution in [2.75, 3.05) is 11.9 Å². The van der Waals surface area contributed by atoms with E-state index >= 15 is 0 Å². The Morgan fingerprint density at radius 3 is 2.45 bits per heavy atom. The van der Waals surface area contributed by atoms with Crippen LogP contribution < -0.4 is 9.64 Å². The molecule has 4 aromatic rings. The molecule has 4 aromatic carbocycles. The number of rotatable bonds is 4. The second kappa shape index (κ2) is 7.88. The summed E-state index contributed by atoms with van der Waals surface area (Å²) >= 11 is 0. The number of carbonyl (C=O) groups is 1. The summed E-state index contributed by atoms with van der Waals surface area (Å²) in [6.45, 7) is 0.375. The number of hydrogen-bond acceptors (Lipinski definition) is 2. The molecule has 1 aliphatic heterocycles. The van der Waals surface area contributed by atoms with Gasteiger partial charge in [-0.05, 0) is 57.8 Å². The topological polar surface area (TPSA) is 29.5 Å². The van der Waals surface area contributed by atoms with Crippen LogP contribution in [0.5, 0.6) is 5.75 Å². The van der Waals surface area contributed by atoms with Gasteiger partial charge in [-0.15, -0.1) is 0 Å². The van der Waals surface area contributed by atoms with Crippen LogP contribution in [0.25, 0.3) is 10.8 Å². The summed E-state index contributed by atoms with van der Waals surface area (Å²) in [6, 6.07) is 26.7. The van der Waals surface area contributed by atoms with E-state index in [-0.39, 0.29) is 17.6 Å². The van der Waals surface area contributed by atoms with Crippen LogP contribution in [0.1, 0.15) is 29.0 Å². The molecule has 0 aliphatic carbocycles. The molecule has 0 saturated carbocycles. The summed E-state index contributed by atoms with van der Waals surface area (Å²) in [5.41, 5.74) is 4.16. The predicted octanol–water partition coefficient (Wildman–Crippen LogP) is 6.06. The molecule has 4 heteroatoms. The van der Waals surface area contributed by atoms with Crippen LogP contribution >= 0.6 is 0 Å². The second-order valence-corrected chi connectivity index (χ2v) is 7.91. The summed E-state index contributed by atoms with van der Waals surface area (Å²) in [5, 5.41) is 2.36. The van der Waals surface area contributed by atoms with Gasteiger partial charge in [-0.1, -0.05) is 54.6 Å². The second-order valence-electron chi connectivity index (χ2n) is 7.91. The number of ether oxygens (including phenoxy) is 1. The average Bonchev–Trinajstić information content (AvgIpc) is 2.81. The van der Waals surface area contributed by atoms with Gasteiger partial charge in [-0.2, -0.15) is 0 Å². The first-order chi connectivity index (χ1) is 15.1. The molecule has 31 heavy (non-hydrogen) atoms. The predicted molar refractivity (Wildman–Crippen MR) is 121 cm³/mol. The molecule has 0 aromatic heterocycles. The standard InChI is InChI=1S/C27H22FNO2/c1-29-25-15-10-19-4-2-3-5-23(19)27(25)24(16-26(29)30)20-8-13-22(14-9-20)31-17-18-6-11-21(28)12-7-18/h2-15,24H,16-17H2,1H3. The fourth-order valence-corrected chi connectivity index (χ4v) is 4.32. The van der Waals surface area contributed by atoms with Gasteiger partial charge < -0.3 is 9.64 Å². The Kier molecular flexibility index (Phi) is 4.91. The van der Waals surface area contributed by atoms with Crippen LogP contribution in [0.2, 0.25) is 0 Å². The Hall–Kier alpha value is -3.66. The van der Waals surface area contributed by atoms with Crippen LogP contribution in [-0.2, 0) is 11.4 Å². The molecule has 1 atom stereocenters. The summed E-state index contributed by atoms with van der Waals surface area (Å²) in [4.78, 5) is 14.5. The largest absolute Gasteiger partial charge is 0.489 e. The van der Waals surface area contributed by atoms with E-state index in [9.17, 15) is 9.18 Å². The third-order valence-electron chi connectivity index (χ3n) is 6.01. The minimum Gasteiger partial charge on any atom is -0.489 e. The highest BCUT2D eigenvalue weighted by molar-refractivity contribution is 6.02. The minimum absolute atomic E-state index is 0.00375. The van der Waals surface area contributed by atoms with Crippen molar-refractivity contribution in [3.8, 4) is 5.75 Å². The lowest BCUT2D eigenvalue weighted by Crippen LogP contribution is -2.33. The van der Waals surface area contributed by atoms with Crippen molar-refractivity contribution in [3.63, 3.8) is 0 Å². The van der Waals surface area contributed by atoms with E-state index in [1.165, 1.54) is 28.5 Å². The van der Waals surface area contributed by atoms with E-state index in [2.05, 4.69) is 18.2 Å². The SMILES string of the molecule is CN1C(=O)CC(c2ccc(OCc3ccc(F)cc3)cc2)c2c1ccc1ccccc21. The highest BCUT2D eigenvalue weighted by atomic mass is 19.1. The van der Waals surface area contributed by atoms with Crippen LogP contribution in [-0.4, -0.2) is 13.0 Å². The zero-order chi connectivity index (χ0) is 21.4. The van der Waals surface area contributed by atoms with Crippen molar-refractivity contribution in [3.05, 3.63) is 107 Å². The molecule has 0 spiro atoms. The lowest BCUT2D eigenvalue weighted by molar-refractivity contribution is -0.118. The Labute approximate surface area is 180 Å². The van der Waals surface area contributed by atoms with Gasteiger partial charge in [0.25, 0.3) is 0 Å². The highest BCUT2D eigenvalue weighted by Crippen LogP contribution is 2.43. The molecule has 0 saturated heterocycles. The first-order valence-electron chi connectivity index (χ1n) is 10.4. The van der Waals surface area contributed by atoms with Gasteiger partial charge >= 0.3 is 0 Å². The number of fused-ring (bicyclic) bond motifs is 3. The maximum Gasteiger partial charge on any atom is 0.227 e. The van der Waals surface area contributed by atoms with E-state index in [0.717, 1.165) is 22.6 Å². The first kappa shape index (κ1) is 19.3. The molecule has 0 fully saturated rings. The fraction of sp³-hybridized carbons (Fsp3) is 0.148. The van der Waals surface area contributed by atoms with Gasteiger partial charge in [0.15, 0.2) is 0 Å². The normalized spacial score (nSPS) is 15.7. The monoisotopic (exact) mass is 411 g/mol. The van der Waals surface area contributed by atoms with Crippen molar-refractivity contribution >= 4 is 22.4 Å². The Morgan fingerprint density at radius 1 is 0.935 bits per heavy atom. The zero-order valence-corrected chi connectivity index (χ0v) is 17.2. The molecule has 0 N–H and O–H groups in total. The van der Waals surface area contributed by atoms with Crippen LogP contribution in [0, 0.1) is 5.82 Å². The van der Waals surface area contributed by atoms with Gasteiger partial charge in [0.05, 0.1) is 0 Å². The third-order valence-corrected chi connectivity index (χ3v) is 6.01. The van der Waals surface area contributed by atoms with E-state index in [4.69, 9.17) is 4.74 Å². The third kappa shape index (κ3) is 3.66. The minimum atomic E-state index is -0.256. The number of benzene rings is 4. The average molecular weight is 411 g/mol. The van der Waals surface area contributed by atoms with Crippen molar-refractivity contribution in [2.24, 2.45) is 0 Å². The summed E-state index contributed by atoms with van der Waals surface area (Å²) in [7, 11) is 1.85. The molecule has 1 amide bonds. The Bertz CT molecular complexity index is 1250. The maximum atomic E-state index is 13.1. The van der Waals surface area contributed by atoms with Crippen LogP contribution in [0.3, 0.4) is 0 Å². The first-order valence-corrected chi connectivity index (χ1v) is 10.4. The van der Waals surface area contributed by atoms with E-state index < -0.39 is 0 Å². The van der Waals surface area contributed by atoms with Gasteiger partial charge in [0.1, 0.15) is 18.2 Å². The van der Waals surface area contributed by atoms with Crippen molar-refractivity contribution < 1.29 is 13.9 Å². The summed E-state index contributed by atoms with van der Waals surface area (Å²) in [5.74, 6) is 0.597. The maximum absolute atomic E-state index is 13.1. The van der Waals surface area contributed by atoms with Crippen molar-refractivity contribution in [2.45, 2.75) is 18.9 Å². The molecule has 1 unspecified atom stereocenters. The van der Waals surface area contributed by atoms with Gasteiger partial charge in [-0.25, -0.2) is 4.39 Å². The molecule has 154 valence electrons. The Balaban J connectivity index is 1.45. The Morgan fingerprint density at radius 2 is 1.68 bits per heavy atom. The molecule has 0 radical (unpaired) electrons. The molecular formula is C27H22FNO2. The van der Waals surface area contributed by atoms with Crippen molar-refractivity contribution in [1.82, 2.24) is 0 Å². The smallest absolute Gasteiger partial charge is 0.227 e. The van der Waals surface area contributed by atoms with Gasteiger partial charge in [0.2, 0.25) is 5.91 Å². The number of hydrogen-bond donors (Lipinski definition) is 0. The number of halogens is 1. The molecule has 1 aliphatic rings. The van der Waals surface area contributed by atoms with Gasteiger partial charge in [0, 0.05) is 25.1 Å². The molecule has 3 nitrogen and oxygen atoms in total. The number of amides is 1. The van der Waals surface area contributed by atoms with Crippen LogP contribution in [0.4, 0.5) is 10.1 Å². The van der Waals surface area contributed by atoms with E-state index in [1.807, 2.05) is 49.5 Å². The van der Waals surface area contributed by atoms with E-state index in [1.54, 1.807) is 17.0 Å². The van der Waals surface area contributed by atoms with Crippen LogP contribution in [0.15, 0.2) is 84.9 Å². The lowest BCUT2D eigenvalue weighted by Gasteiger charge is -2.33. The lowest BCUT2D eigenvalue weighted by atomic mass is 9.81. The number of anilines is 1. The quantitative estimate of drug-likeness (QED) is 0.409. The summed E-state index contributed by atoms with van der Waals surface area (Å²) in [6.07, 6.45) is 0.438. The zero-order valence-electron chi connectivity index (χ0n) is 17.2. The molecular weight excluding hydrogens is 389 g/mol. The molecule has 0 bridgehead atoms. The van der Waals surface area contributed by atoms with Gasteiger partial charge in [-0.3, -0.25) is 4.79 Å². The highest BCUT2D eigenvalue weighted by Gasteiger charge is 2.31. The molecule has 1 heterocycles.